The van der Waals surface area contributed by atoms with E-state index in [2.05, 4.69) is 175 Å². The quantitative estimate of drug-likeness (QED) is 0.184. The molecule has 0 saturated carbocycles. The van der Waals surface area contributed by atoms with Crippen LogP contribution in [0.4, 0.5) is 0 Å². The molecule has 54 heavy (non-hydrogen) atoms. The molecule has 0 N–H and O–H groups in total. The van der Waals surface area contributed by atoms with Gasteiger partial charge in [-0.15, -0.1) is 0 Å². The fraction of sp³-hybridized carbons (Fsp3) is 0.0385. The van der Waals surface area contributed by atoms with Gasteiger partial charge in [0.1, 0.15) is 0 Å². The van der Waals surface area contributed by atoms with Crippen molar-refractivity contribution in [3.8, 4) is 67.0 Å². The summed E-state index contributed by atoms with van der Waals surface area (Å²) in [6.45, 7) is 0. The Hall–Kier alpha value is -6.90. The molecule has 1 aliphatic rings. The first-order valence-electron chi connectivity index (χ1n) is 18.6. The van der Waals surface area contributed by atoms with Crippen LogP contribution in [0.25, 0.3) is 77.9 Å². The normalized spacial score (nSPS) is 11.9. The molecule has 1 aliphatic carbocycles. The highest BCUT2D eigenvalue weighted by molar-refractivity contribution is 5.99. The lowest BCUT2D eigenvalue weighted by Crippen LogP contribution is -2.02. The standard InChI is InChI=1S/C52H36N2/c1-2-12-37(13-3-1)48-34-52(51-20-10-11-29-53-51)54-50-28-26-39(33-49(48)50)36-23-21-35(22-24-36)38-25-27-47-43(30-38)32-42-16-6-8-18-45(42)44-17-7-4-14-40(44)31-41-15-5-9-19-46(41)47/h1-30,33-34H,31-32H2. The van der Waals surface area contributed by atoms with E-state index in [-0.39, 0.29) is 0 Å². The van der Waals surface area contributed by atoms with Crippen molar-refractivity contribution in [2.75, 3.05) is 0 Å². The van der Waals surface area contributed by atoms with Gasteiger partial charge in [-0.25, -0.2) is 4.98 Å². The summed E-state index contributed by atoms with van der Waals surface area (Å²) < 4.78 is 0. The maximum Gasteiger partial charge on any atom is 0.0900 e. The zero-order valence-electron chi connectivity index (χ0n) is 29.8. The second-order valence-electron chi connectivity index (χ2n) is 14.1. The van der Waals surface area contributed by atoms with Crippen LogP contribution in [0, 0.1) is 0 Å². The molecule has 9 aromatic rings. The zero-order valence-corrected chi connectivity index (χ0v) is 29.8. The molecule has 2 heteroatoms. The minimum atomic E-state index is 0.858. The molecule has 0 radical (unpaired) electrons. The molecule has 0 bridgehead atoms. The van der Waals surface area contributed by atoms with Crippen molar-refractivity contribution < 1.29 is 0 Å². The summed E-state index contributed by atoms with van der Waals surface area (Å²) in [7, 11) is 0. The number of hydrogen-bond acceptors (Lipinski definition) is 2. The van der Waals surface area contributed by atoms with Crippen molar-refractivity contribution in [1.29, 1.82) is 0 Å². The van der Waals surface area contributed by atoms with E-state index in [1.807, 2.05) is 24.4 Å². The highest BCUT2D eigenvalue weighted by Crippen LogP contribution is 2.39. The van der Waals surface area contributed by atoms with Crippen LogP contribution in [0.3, 0.4) is 0 Å². The minimum Gasteiger partial charge on any atom is -0.255 e. The molecule has 2 nitrogen and oxygen atoms in total. The Labute approximate surface area is 316 Å². The number of nitrogens with zero attached hydrogens (tertiary/aromatic N) is 2. The highest BCUT2D eigenvalue weighted by atomic mass is 14.8. The maximum absolute atomic E-state index is 5.06. The SMILES string of the molecule is c1ccc(-c2cc(-c3ccccn3)nc3ccc(-c4ccc(-c5ccc6c(c5)Cc5ccccc5-c5ccccc5Cc5ccccc5-6)cc4)cc23)cc1. The van der Waals surface area contributed by atoms with Crippen molar-refractivity contribution in [2.45, 2.75) is 12.8 Å². The van der Waals surface area contributed by atoms with Crippen molar-refractivity contribution in [3.63, 3.8) is 0 Å². The van der Waals surface area contributed by atoms with Gasteiger partial charge in [-0.3, -0.25) is 4.98 Å². The van der Waals surface area contributed by atoms with Crippen LogP contribution >= 0.6 is 0 Å². The van der Waals surface area contributed by atoms with Gasteiger partial charge < -0.3 is 0 Å². The molecule has 0 atom stereocenters. The van der Waals surface area contributed by atoms with Crippen LogP contribution < -0.4 is 0 Å². The molecule has 0 spiro atoms. The van der Waals surface area contributed by atoms with Crippen LogP contribution in [0.2, 0.25) is 0 Å². The summed E-state index contributed by atoms with van der Waals surface area (Å²) in [5.41, 5.74) is 20.5. The van der Waals surface area contributed by atoms with E-state index in [0.29, 0.717) is 0 Å². The first kappa shape index (κ1) is 31.8. The number of pyridine rings is 2. The van der Waals surface area contributed by atoms with E-state index in [0.717, 1.165) is 51.8 Å². The summed E-state index contributed by atoms with van der Waals surface area (Å²) in [5, 5.41) is 1.12. The molecule has 0 amide bonds. The predicted octanol–water partition coefficient (Wildman–Crippen LogP) is 13.1. The zero-order chi connectivity index (χ0) is 35.8. The summed E-state index contributed by atoms with van der Waals surface area (Å²) in [6, 6.07) is 68.2. The number of rotatable bonds is 4. The fourth-order valence-electron chi connectivity index (χ4n) is 8.17. The smallest absolute Gasteiger partial charge is 0.0900 e. The van der Waals surface area contributed by atoms with E-state index < -0.39 is 0 Å². The fourth-order valence-corrected chi connectivity index (χ4v) is 8.17. The topological polar surface area (TPSA) is 25.8 Å². The lowest BCUT2D eigenvalue weighted by atomic mass is 9.83. The van der Waals surface area contributed by atoms with Crippen LogP contribution in [0.1, 0.15) is 22.3 Å². The van der Waals surface area contributed by atoms with E-state index in [4.69, 9.17) is 4.98 Å². The lowest BCUT2D eigenvalue weighted by molar-refractivity contribution is 1.15. The van der Waals surface area contributed by atoms with Gasteiger partial charge in [-0.2, -0.15) is 0 Å². The average Bonchev–Trinajstić information content (AvgIpc) is 3.24. The highest BCUT2D eigenvalue weighted by Gasteiger charge is 2.19. The van der Waals surface area contributed by atoms with Gasteiger partial charge >= 0.3 is 0 Å². The third-order valence-electron chi connectivity index (χ3n) is 10.9. The number of hydrogen-bond donors (Lipinski definition) is 0. The lowest BCUT2D eigenvalue weighted by Gasteiger charge is -2.21. The minimum absolute atomic E-state index is 0.858. The van der Waals surface area contributed by atoms with Gasteiger partial charge in [0.2, 0.25) is 0 Å². The molecule has 0 unspecified atom stereocenters. The molecule has 254 valence electrons. The Kier molecular flexibility index (Phi) is 8.00. The third kappa shape index (κ3) is 5.88. The van der Waals surface area contributed by atoms with Crippen molar-refractivity contribution in [2.24, 2.45) is 0 Å². The average molecular weight is 689 g/mol. The van der Waals surface area contributed by atoms with E-state index in [1.54, 1.807) is 0 Å². The monoisotopic (exact) mass is 688 g/mol. The number of benzene rings is 7. The number of fused-ring (bicyclic) bond motifs is 7. The Morgan fingerprint density at radius 3 is 1.46 bits per heavy atom. The molecular weight excluding hydrogens is 653 g/mol. The largest absolute Gasteiger partial charge is 0.255 e. The first-order valence-corrected chi connectivity index (χ1v) is 18.6. The van der Waals surface area contributed by atoms with Gasteiger partial charge in [0.25, 0.3) is 0 Å². The van der Waals surface area contributed by atoms with Crippen molar-refractivity contribution >= 4 is 10.9 Å². The molecule has 10 rings (SSSR count). The summed E-state index contributed by atoms with van der Waals surface area (Å²) >= 11 is 0. The van der Waals surface area contributed by atoms with Gasteiger partial charge in [-0.1, -0.05) is 158 Å². The number of aromatic nitrogens is 2. The molecular formula is C52H36N2. The van der Waals surface area contributed by atoms with Crippen LogP contribution in [-0.4, -0.2) is 9.97 Å². The van der Waals surface area contributed by atoms with Gasteiger partial charge in [-0.05, 0) is 121 Å². The third-order valence-corrected chi connectivity index (χ3v) is 10.9. The molecule has 2 aromatic heterocycles. The Bertz CT molecular complexity index is 2800. The predicted molar refractivity (Wildman–Crippen MR) is 224 cm³/mol. The van der Waals surface area contributed by atoms with Crippen LogP contribution in [0.5, 0.6) is 0 Å². The van der Waals surface area contributed by atoms with Gasteiger partial charge in [0.15, 0.2) is 0 Å². The van der Waals surface area contributed by atoms with Crippen LogP contribution in [0.15, 0.2) is 194 Å². The first-order chi connectivity index (χ1) is 26.7. The molecule has 0 saturated heterocycles. The van der Waals surface area contributed by atoms with Crippen molar-refractivity contribution in [1.82, 2.24) is 9.97 Å². The van der Waals surface area contributed by atoms with Crippen molar-refractivity contribution in [3.05, 3.63) is 217 Å². The summed E-state index contributed by atoms with van der Waals surface area (Å²) in [6.07, 6.45) is 3.58. The van der Waals surface area contributed by atoms with E-state index in [9.17, 15) is 0 Å². The Balaban J connectivity index is 1.04. The van der Waals surface area contributed by atoms with Crippen LogP contribution in [-0.2, 0) is 12.8 Å². The van der Waals surface area contributed by atoms with E-state index in [1.165, 1.54) is 61.2 Å². The molecule has 0 fully saturated rings. The Morgan fingerprint density at radius 1 is 0.315 bits per heavy atom. The second kappa shape index (κ2) is 13.6. The summed E-state index contributed by atoms with van der Waals surface area (Å²) in [4.78, 5) is 9.65. The van der Waals surface area contributed by atoms with Gasteiger partial charge in [0.05, 0.1) is 16.9 Å². The molecule has 2 heterocycles. The second-order valence-corrected chi connectivity index (χ2v) is 14.1. The molecule has 0 aliphatic heterocycles. The maximum atomic E-state index is 5.06. The summed E-state index contributed by atoms with van der Waals surface area (Å²) in [5.74, 6) is 0. The molecule has 7 aromatic carbocycles. The van der Waals surface area contributed by atoms with E-state index >= 15 is 0 Å². The Morgan fingerprint density at radius 2 is 0.833 bits per heavy atom. The van der Waals surface area contributed by atoms with Gasteiger partial charge in [0, 0.05) is 11.6 Å².